The first-order valence-electron chi connectivity index (χ1n) is 5.69. The van der Waals surface area contributed by atoms with E-state index >= 15 is 0 Å². The van der Waals surface area contributed by atoms with E-state index in [0.29, 0.717) is 22.6 Å². The lowest BCUT2D eigenvalue weighted by atomic mass is 10.1. The van der Waals surface area contributed by atoms with Crippen LogP contribution in [-0.2, 0) is 0 Å². The highest BCUT2D eigenvalue weighted by Gasteiger charge is 2.26. The third-order valence-corrected chi connectivity index (χ3v) is 4.60. The van der Waals surface area contributed by atoms with Gasteiger partial charge >= 0.3 is 0 Å². The molecule has 0 radical (unpaired) electrons. The molecular formula is C13H9F2NO2S. The van der Waals surface area contributed by atoms with Crippen molar-refractivity contribution in [2.24, 2.45) is 0 Å². The summed E-state index contributed by atoms with van der Waals surface area (Å²) < 4.78 is 28.4. The van der Waals surface area contributed by atoms with Crippen molar-refractivity contribution in [3.63, 3.8) is 0 Å². The monoisotopic (exact) mass is 281 g/mol. The predicted molar refractivity (Wildman–Crippen MR) is 68.9 cm³/mol. The third-order valence-electron chi connectivity index (χ3n) is 3.26. The van der Waals surface area contributed by atoms with Gasteiger partial charge in [0.1, 0.15) is 0 Å². The predicted octanol–water partition coefficient (Wildman–Crippen LogP) is 2.76. The van der Waals surface area contributed by atoms with Crippen LogP contribution >= 0.6 is 11.8 Å². The van der Waals surface area contributed by atoms with Gasteiger partial charge < -0.3 is 4.57 Å². The molecule has 0 fully saturated rings. The highest BCUT2D eigenvalue weighted by atomic mass is 32.2. The van der Waals surface area contributed by atoms with Crippen molar-refractivity contribution < 1.29 is 13.6 Å². The number of aldehydes is 1. The van der Waals surface area contributed by atoms with Gasteiger partial charge in [0.2, 0.25) is 5.43 Å². The molecule has 1 unspecified atom stereocenters. The van der Waals surface area contributed by atoms with E-state index in [0.717, 1.165) is 12.1 Å². The number of nitrogens with zero attached hydrogens (tertiary/aromatic N) is 1. The summed E-state index contributed by atoms with van der Waals surface area (Å²) in [6.45, 7) is 1.91. The van der Waals surface area contributed by atoms with Crippen LogP contribution in [0.1, 0.15) is 23.3 Å². The minimum Gasteiger partial charge on any atom is -0.331 e. The smallest absolute Gasteiger partial charge is 0.201 e. The van der Waals surface area contributed by atoms with Crippen LogP contribution in [0, 0.1) is 11.6 Å². The van der Waals surface area contributed by atoms with E-state index < -0.39 is 17.1 Å². The Labute approximate surface area is 111 Å². The SMILES string of the molecule is CC1CSc2c(C=O)c(=O)c3cc(F)c(F)cc3n21. The molecular weight excluding hydrogens is 272 g/mol. The van der Waals surface area contributed by atoms with Crippen LogP contribution in [0.2, 0.25) is 0 Å². The zero-order valence-corrected chi connectivity index (χ0v) is 10.8. The molecule has 1 aliphatic rings. The Bertz CT molecular complexity index is 770. The van der Waals surface area contributed by atoms with Gasteiger partial charge in [0.25, 0.3) is 0 Å². The lowest BCUT2D eigenvalue weighted by molar-refractivity contribution is 0.111. The normalized spacial score (nSPS) is 17.7. The van der Waals surface area contributed by atoms with Crippen LogP contribution in [0.15, 0.2) is 22.0 Å². The number of rotatable bonds is 1. The maximum Gasteiger partial charge on any atom is 0.201 e. The number of aromatic nitrogens is 1. The van der Waals surface area contributed by atoms with Gasteiger partial charge in [0, 0.05) is 23.2 Å². The summed E-state index contributed by atoms with van der Waals surface area (Å²) in [7, 11) is 0. The van der Waals surface area contributed by atoms with Crippen molar-refractivity contribution in [1.82, 2.24) is 4.57 Å². The second kappa shape index (κ2) is 4.16. The van der Waals surface area contributed by atoms with Crippen molar-refractivity contribution in [3.8, 4) is 0 Å². The van der Waals surface area contributed by atoms with Crippen molar-refractivity contribution >= 4 is 29.0 Å². The minimum absolute atomic E-state index is 0.0201. The molecule has 0 bridgehead atoms. The average molecular weight is 281 g/mol. The van der Waals surface area contributed by atoms with Crippen molar-refractivity contribution in [1.29, 1.82) is 0 Å². The largest absolute Gasteiger partial charge is 0.331 e. The molecule has 19 heavy (non-hydrogen) atoms. The molecule has 6 heteroatoms. The number of carbonyl (C=O) groups is 1. The molecule has 0 saturated carbocycles. The maximum absolute atomic E-state index is 13.4. The first-order valence-corrected chi connectivity index (χ1v) is 6.68. The number of carbonyl (C=O) groups excluding carboxylic acids is 1. The Morgan fingerprint density at radius 1 is 1.37 bits per heavy atom. The summed E-state index contributed by atoms with van der Waals surface area (Å²) in [4.78, 5) is 23.2. The van der Waals surface area contributed by atoms with Crippen LogP contribution in [0.5, 0.6) is 0 Å². The highest BCUT2D eigenvalue weighted by molar-refractivity contribution is 7.99. The van der Waals surface area contributed by atoms with Gasteiger partial charge in [0.15, 0.2) is 17.9 Å². The fraction of sp³-hybridized carbons (Fsp3) is 0.231. The maximum atomic E-state index is 13.4. The summed E-state index contributed by atoms with van der Waals surface area (Å²) in [5.41, 5.74) is -0.188. The Balaban J connectivity index is 2.57. The Kier molecular flexibility index (Phi) is 2.70. The highest BCUT2D eigenvalue weighted by Crippen LogP contribution is 2.37. The Morgan fingerprint density at radius 3 is 2.74 bits per heavy atom. The van der Waals surface area contributed by atoms with Gasteiger partial charge in [0.05, 0.1) is 16.1 Å². The van der Waals surface area contributed by atoms with Crippen molar-refractivity contribution in [3.05, 3.63) is 39.6 Å². The molecule has 0 spiro atoms. The summed E-state index contributed by atoms with van der Waals surface area (Å²) in [5.74, 6) is -1.39. The second-order valence-corrected chi connectivity index (χ2v) is 5.49. The summed E-state index contributed by atoms with van der Waals surface area (Å²) >= 11 is 1.38. The Morgan fingerprint density at radius 2 is 2.05 bits per heavy atom. The first-order chi connectivity index (χ1) is 9.04. The van der Waals surface area contributed by atoms with E-state index in [-0.39, 0.29) is 17.0 Å². The molecule has 3 rings (SSSR count). The van der Waals surface area contributed by atoms with Crippen molar-refractivity contribution in [2.75, 3.05) is 5.75 Å². The summed E-state index contributed by atoms with van der Waals surface area (Å²) in [6.07, 6.45) is 0.486. The van der Waals surface area contributed by atoms with Gasteiger partial charge in [-0.05, 0) is 13.0 Å². The molecule has 1 aromatic heterocycles. The van der Waals surface area contributed by atoms with Crippen molar-refractivity contribution in [2.45, 2.75) is 18.0 Å². The van der Waals surface area contributed by atoms with E-state index in [2.05, 4.69) is 0 Å². The summed E-state index contributed by atoms with van der Waals surface area (Å²) in [5, 5.41) is 0.574. The van der Waals surface area contributed by atoms with Gasteiger partial charge in [-0.2, -0.15) is 0 Å². The van der Waals surface area contributed by atoms with E-state index in [4.69, 9.17) is 0 Å². The van der Waals surface area contributed by atoms with Crippen LogP contribution in [0.25, 0.3) is 10.9 Å². The molecule has 0 N–H and O–H groups in total. The zero-order chi connectivity index (χ0) is 13.7. The number of fused-ring (bicyclic) bond motifs is 3. The fourth-order valence-electron chi connectivity index (χ4n) is 2.36. The quantitative estimate of drug-likeness (QED) is 0.754. The molecule has 0 aliphatic carbocycles. The lowest BCUT2D eigenvalue weighted by Crippen LogP contribution is -2.17. The van der Waals surface area contributed by atoms with E-state index in [9.17, 15) is 18.4 Å². The van der Waals surface area contributed by atoms with Crippen LogP contribution < -0.4 is 5.43 Å². The van der Waals surface area contributed by atoms with Gasteiger partial charge in [-0.1, -0.05) is 0 Å². The lowest BCUT2D eigenvalue weighted by Gasteiger charge is -2.14. The van der Waals surface area contributed by atoms with E-state index in [1.807, 2.05) is 6.92 Å². The zero-order valence-electron chi connectivity index (χ0n) is 9.94. The minimum atomic E-state index is -1.08. The number of benzene rings is 1. The van der Waals surface area contributed by atoms with Crippen LogP contribution in [-0.4, -0.2) is 16.6 Å². The Hall–Kier alpha value is -1.69. The van der Waals surface area contributed by atoms with E-state index in [1.54, 1.807) is 4.57 Å². The molecule has 98 valence electrons. The van der Waals surface area contributed by atoms with Gasteiger partial charge in [-0.3, -0.25) is 9.59 Å². The third kappa shape index (κ3) is 1.63. The van der Waals surface area contributed by atoms with E-state index in [1.165, 1.54) is 11.8 Å². The number of hydrogen-bond donors (Lipinski definition) is 0. The molecule has 3 nitrogen and oxygen atoms in total. The molecule has 0 saturated heterocycles. The topological polar surface area (TPSA) is 39.1 Å². The average Bonchev–Trinajstić information content (AvgIpc) is 2.75. The standard InChI is InChI=1S/C13H9F2NO2S/c1-6-5-19-13-8(4-17)12(18)7-2-9(14)10(15)3-11(7)16(6)13/h2-4,6H,5H2,1H3. The fourth-order valence-corrected chi connectivity index (χ4v) is 3.62. The van der Waals surface area contributed by atoms with Crippen LogP contribution in [0.3, 0.4) is 0 Å². The first kappa shape index (κ1) is 12.3. The molecule has 0 amide bonds. The number of halogens is 2. The molecule has 1 atom stereocenters. The molecule has 1 aromatic carbocycles. The second-order valence-electron chi connectivity index (χ2n) is 4.48. The van der Waals surface area contributed by atoms with Crippen LogP contribution in [0.4, 0.5) is 8.78 Å². The van der Waals surface area contributed by atoms with Gasteiger partial charge in [-0.25, -0.2) is 8.78 Å². The van der Waals surface area contributed by atoms with Gasteiger partial charge in [-0.15, -0.1) is 11.8 Å². The molecule has 2 aromatic rings. The molecule has 2 heterocycles. The summed E-state index contributed by atoms with van der Waals surface area (Å²) in [6, 6.07) is 1.90. The molecule has 1 aliphatic heterocycles. The number of hydrogen-bond acceptors (Lipinski definition) is 3. The number of pyridine rings is 1. The number of thioether (sulfide) groups is 1.